The van der Waals surface area contributed by atoms with E-state index in [1.54, 1.807) is 7.11 Å². The molecule has 0 radical (unpaired) electrons. The third-order valence-electron chi connectivity index (χ3n) is 3.51. The lowest BCUT2D eigenvalue weighted by Gasteiger charge is -2.23. The summed E-state index contributed by atoms with van der Waals surface area (Å²) in [5, 5.41) is 19.1. The average molecular weight is 298 g/mol. The number of fused-ring (bicyclic) bond motifs is 1. The molecule has 0 spiro atoms. The van der Waals surface area contributed by atoms with Crippen LogP contribution in [-0.4, -0.2) is 32.4 Å². The number of nitrogens with zero attached hydrogens (tertiary/aromatic N) is 5. The molecule has 0 aliphatic rings. The molecular weight excluding hydrogens is 280 g/mol. The number of hydrogen-bond acceptors (Lipinski definition) is 6. The summed E-state index contributed by atoms with van der Waals surface area (Å²) in [6.07, 6.45) is 0. The Morgan fingerprint density at radius 2 is 1.86 bits per heavy atom. The Bertz CT molecular complexity index is 752. The Labute approximate surface area is 128 Å². The van der Waals surface area contributed by atoms with E-state index in [0.717, 1.165) is 11.6 Å². The summed E-state index contributed by atoms with van der Waals surface area (Å²) in [5.74, 6) is 1.97. The number of hydrogen-bond donors (Lipinski definition) is 1. The third kappa shape index (κ3) is 2.83. The van der Waals surface area contributed by atoms with E-state index in [2.05, 4.69) is 51.9 Å². The van der Waals surface area contributed by atoms with Crippen molar-refractivity contribution in [1.29, 1.82) is 0 Å². The molecule has 3 rings (SSSR count). The second kappa shape index (κ2) is 5.97. The largest absolute Gasteiger partial charge is 0.497 e. The van der Waals surface area contributed by atoms with Gasteiger partial charge in [-0.05, 0) is 46.2 Å². The van der Waals surface area contributed by atoms with Crippen molar-refractivity contribution < 1.29 is 4.74 Å². The van der Waals surface area contributed by atoms with Gasteiger partial charge in [0.1, 0.15) is 11.6 Å². The van der Waals surface area contributed by atoms with Crippen LogP contribution in [0, 0.1) is 5.92 Å². The lowest BCUT2D eigenvalue weighted by Crippen LogP contribution is -2.18. The van der Waals surface area contributed by atoms with Crippen LogP contribution in [0.5, 0.6) is 5.75 Å². The summed E-state index contributed by atoms with van der Waals surface area (Å²) >= 11 is 0. The number of methoxy groups -OCH3 is 1. The first kappa shape index (κ1) is 14.2. The quantitative estimate of drug-likeness (QED) is 0.779. The molecule has 114 valence electrons. The van der Waals surface area contributed by atoms with Crippen molar-refractivity contribution in [3.8, 4) is 5.75 Å². The molecule has 1 atom stereocenters. The first-order chi connectivity index (χ1) is 10.7. The van der Waals surface area contributed by atoms with Gasteiger partial charge in [-0.1, -0.05) is 26.0 Å². The van der Waals surface area contributed by atoms with Gasteiger partial charge in [0.05, 0.1) is 13.2 Å². The molecule has 22 heavy (non-hydrogen) atoms. The molecule has 0 fully saturated rings. The fraction of sp³-hybridized carbons (Fsp3) is 0.333. The van der Waals surface area contributed by atoms with Gasteiger partial charge >= 0.3 is 0 Å². The van der Waals surface area contributed by atoms with Gasteiger partial charge in [-0.2, -0.15) is 0 Å². The van der Waals surface area contributed by atoms with Crippen LogP contribution in [0.2, 0.25) is 0 Å². The fourth-order valence-electron chi connectivity index (χ4n) is 2.33. The molecule has 0 unspecified atom stereocenters. The van der Waals surface area contributed by atoms with E-state index in [4.69, 9.17) is 4.74 Å². The number of benzene rings is 1. The number of nitrogens with one attached hydrogen (secondary N) is 1. The zero-order chi connectivity index (χ0) is 15.5. The number of anilines is 1. The molecule has 0 aliphatic carbocycles. The van der Waals surface area contributed by atoms with Crippen molar-refractivity contribution in [2.45, 2.75) is 19.9 Å². The molecule has 7 nitrogen and oxygen atoms in total. The Morgan fingerprint density at radius 3 is 2.55 bits per heavy atom. The van der Waals surface area contributed by atoms with Gasteiger partial charge in [0.25, 0.3) is 0 Å². The number of rotatable bonds is 5. The summed E-state index contributed by atoms with van der Waals surface area (Å²) in [6, 6.07) is 11.9. The average Bonchev–Trinajstić information content (AvgIpc) is 3.00. The van der Waals surface area contributed by atoms with E-state index < -0.39 is 0 Å². The molecule has 2 aromatic heterocycles. The Hall–Kier alpha value is -2.70. The van der Waals surface area contributed by atoms with Crippen LogP contribution in [0.25, 0.3) is 5.65 Å². The van der Waals surface area contributed by atoms with Crippen LogP contribution in [0.1, 0.15) is 25.5 Å². The van der Waals surface area contributed by atoms with E-state index >= 15 is 0 Å². The second-order valence-corrected chi connectivity index (χ2v) is 5.38. The highest BCUT2D eigenvalue weighted by Crippen LogP contribution is 2.27. The van der Waals surface area contributed by atoms with Crippen LogP contribution in [0.3, 0.4) is 0 Å². The number of ether oxygens (including phenoxy) is 1. The van der Waals surface area contributed by atoms with Gasteiger partial charge in [0.15, 0.2) is 5.65 Å². The molecular formula is C15H18N6O. The van der Waals surface area contributed by atoms with Crippen LogP contribution < -0.4 is 10.1 Å². The predicted octanol–water partition coefficient (Wildman–Crippen LogP) is 2.34. The predicted molar refractivity (Wildman–Crippen MR) is 82.8 cm³/mol. The first-order valence-corrected chi connectivity index (χ1v) is 7.13. The summed E-state index contributed by atoms with van der Waals surface area (Å²) in [6.45, 7) is 4.33. The molecule has 0 saturated carbocycles. The molecule has 3 aromatic rings. The van der Waals surface area contributed by atoms with Crippen molar-refractivity contribution in [3.05, 3.63) is 42.0 Å². The van der Waals surface area contributed by atoms with Crippen molar-refractivity contribution in [2.24, 2.45) is 5.92 Å². The first-order valence-electron chi connectivity index (χ1n) is 7.13. The van der Waals surface area contributed by atoms with E-state index in [9.17, 15) is 0 Å². The molecule has 0 saturated heterocycles. The van der Waals surface area contributed by atoms with Gasteiger partial charge in [0, 0.05) is 0 Å². The Morgan fingerprint density at radius 1 is 1.09 bits per heavy atom. The summed E-state index contributed by atoms with van der Waals surface area (Å²) < 4.78 is 6.62. The fourth-order valence-corrected chi connectivity index (χ4v) is 2.33. The van der Waals surface area contributed by atoms with Gasteiger partial charge in [-0.25, -0.2) is 0 Å². The molecule has 1 N–H and O–H groups in total. The van der Waals surface area contributed by atoms with E-state index in [0.29, 0.717) is 11.6 Å². The van der Waals surface area contributed by atoms with Crippen LogP contribution in [0.15, 0.2) is 36.4 Å². The van der Waals surface area contributed by atoms with Crippen LogP contribution in [-0.2, 0) is 0 Å². The molecule has 2 heterocycles. The number of aromatic nitrogens is 5. The monoisotopic (exact) mass is 298 g/mol. The molecule has 0 amide bonds. The SMILES string of the molecule is COc1ccc([C@@H](Nc2ccc3nnnn3n2)C(C)C)cc1. The minimum absolute atomic E-state index is 0.132. The highest BCUT2D eigenvalue weighted by atomic mass is 16.5. The highest BCUT2D eigenvalue weighted by Gasteiger charge is 2.16. The van der Waals surface area contributed by atoms with E-state index in [-0.39, 0.29) is 6.04 Å². The minimum atomic E-state index is 0.132. The smallest absolute Gasteiger partial charge is 0.200 e. The normalized spacial score (nSPS) is 12.5. The third-order valence-corrected chi connectivity index (χ3v) is 3.51. The van der Waals surface area contributed by atoms with Gasteiger partial charge in [0.2, 0.25) is 0 Å². The van der Waals surface area contributed by atoms with Crippen LogP contribution >= 0.6 is 0 Å². The Kier molecular flexibility index (Phi) is 3.86. The minimum Gasteiger partial charge on any atom is -0.497 e. The van der Waals surface area contributed by atoms with E-state index in [1.807, 2.05) is 24.3 Å². The Balaban J connectivity index is 1.86. The maximum absolute atomic E-state index is 5.21. The lowest BCUT2D eigenvalue weighted by atomic mass is 9.96. The highest BCUT2D eigenvalue weighted by molar-refractivity contribution is 5.44. The zero-order valence-corrected chi connectivity index (χ0v) is 12.8. The van der Waals surface area contributed by atoms with E-state index in [1.165, 1.54) is 10.2 Å². The van der Waals surface area contributed by atoms with Crippen molar-refractivity contribution >= 4 is 11.5 Å². The maximum atomic E-state index is 5.21. The summed E-state index contributed by atoms with van der Waals surface area (Å²) in [7, 11) is 1.67. The molecule has 0 bridgehead atoms. The van der Waals surface area contributed by atoms with Crippen molar-refractivity contribution in [2.75, 3.05) is 12.4 Å². The topological polar surface area (TPSA) is 77.2 Å². The lowest BCUT2D eigenvalue weighted by molar-refractivity contribution is 0.414. The van der Waals surface area contributed by atoms with Gasteiger partial charge in [-0.15, -0.1) is 14.8 Å². The standard InChI is InChI=1S/C15H18N6O/c1-10(2)15(11-4-6-12(22-3)7-5-11)16-13-8-9-14-17-19-20-21(14)18-13/h4-10,15H,1-3H3,(H,16,18)/t15-/m0/s1. The van der Waals surface area contributed by atoms with Gasteiger partial charge < -0.3 is 10.1 Å². The van der Waals surface area contributed by atoms with Crippen LogP contribution in [0.4, 0.5) is 5.82 Å². The molecule has 7 heteroatoms. The summed E-state index contributed by atoms with van der Waals surface area (Å²) in [5.41, 5.74) is 1.80. The summed E-state index contributed by atoms with van der Waals surface area (Å²) in [4.78, 5) is 0. The maximum Gasteiger partial charge on any atom is 0.200 e. The van der Waals surface area contributed by atoms with Gasteiger partial charge in [-0.3, -0.25) is 0 Å². The molecule has 1 aromatic carbocycles. The number of tetrazole rings is 1. The zero-order valence-electron chi connectivity index (χ0n) is 12.8. The van der Waals surface area contributed by atoms with Crippen molar-refractivity contribution in [3.63, 3.8) is 0 Å². The van der Waals surface area contributed by atoms with Crippen molar-refractivity contribution in [1.82, 2.24) is 25.3 Å². The molecule has 0 aliphatic heterocycles. The second-order valence-electron chi connectivity index (χ2n) is 5.38.